The minimum absolute atomic E-state index is 0.0295. The van der Waals surface area contributed by atoms with Gasteiger partial charge in [-0.3, -0.25) is 9.59 Å². The Balaban J connectivity index is 1.48. The van der Waals surface area contributed by atoms with Crippen molar-refractivity contribution >= 4 is 33.6 Å². The molecule has 2 aromatic carbocycles. The van der Waals surface area contributed by atoms with Gasteiger partial charge in [-0.25, -0.2) is 0 Å². The first-order valence-corrected chi connectivity index (χ1v) is 11.1. The largest absolute Gasteiger partial charge is 0.503 e. The van der Waals surface area contributed by atoms with E-state index in [9.17, 15) is 14.7 Å². The summed E-state index contributed by atoms with van der Waals surface area (Å²) in [6.45, 7) is 0.943. The van der Waals surface area contributed by atoms with Crippen molar-refractivity contribution < 1.29 is 23.8 Å². The normalized spacial score (nSPS) is 21.1. The van der Waals surface area contributed by atoms with Crippen LogP contribution in [0.3, 0.4) is 0 Å². The Kier molecular flexibility index (Phi) is 4.58. The second kappa shape index (κ2) is 7.64. The van der Waals surface area contributed by atoms with Crippen LogP contribution in [0.2, 0.25) is 0 Å². The van der Waals surface area contributed by atoms with Gasteiger partial charge >= 0.3 is 0 Å². The van der Waals surface area contributed by atoms with E-state index < -0.39 is 23.5 Å². The van der Waals surface area contributed by atoms with E-state index in [1.54, 1.807) is 23.2 Å². The number of aliphatic hydroxyl groups excluding tert-OH is 1. The molecule has 2 aromatic heterocycles. The first-order valence-electron chi connectivity index (χ1n) is 11.1. The zero-order valence-electron chi connectivity index (χ0n) is 17.8. The highest BCUT2D eigenvalue weighted by Gasteiger charge is 2.46. The second-order valence-electron chi connectivity index (χ2n) is 8.52. The summed E-state index contributed by atoms with van der Waals surface area (Å²) >= 11 is 0. The summed E-state index contributed by atoms with van der Waals surface area (Å²) in [5.74, 6) is -1.51. The van der Waals surface area contributed by atoms with Gasteiger partial charge in [0.15, 0.2) is 11.5 Å². The third-order valence-corrected chi connectivity index (χ3v) is 6.54. The van der Waals surface area contributed by atoms with Crippen LogP contribution in [0.1, 0.15) is 35.0 Å². The number of aromatic nitrogens is 1. The van der Waals surface area contributed by atoms with Crippen LogP contribution >= 0.6 is 0 Å². The molecule has 4 aromatic rings. The standard InChI is InChI=1S/C26H22N2O5/c29-24(21-12-15-6-1-4-10-20(15)33-21)22-23(18-13-27-19-9-3-2-8-17(18)19)28(26(31)25(22)30)14-16-7-5-11-32-16/h1-4,6,8-10,12-13,16,23,27,30H,5,7,11,14H2. The van der Waals surface area contributed by atoms with Crippen molar-refractivity contribution in [2.75, 3.05) is 13.2 Å². The summed E-state index contributed by atoms with van der Waals surface area (Å²) in [7, 11) is 0. The number of carbonyl (C=O) groups is 2. The zero-order valence-corrected chi connectivity index (χ0v) is 17.8. The number of hydrogen-bond acceptors (Lipinski definition) is 5. The molecule has 2 aliphatic rings. The molecule has 1 amide bonds. The van der Waals surface area contributed by atoms with Gasteiger partial charge in [0.1, 0.15) is 5.58 Å². The lowest BCUT2D eigenvalue weighted by atomic mass is 9.94. The Hall–Kier alpha value is -3.84. The predicted octanol–water partition coefficient (Wildman–Crippen LogP) is 4.67. The van der Waals surface area contributed by atoms with E-state index in [-0.39, 0.29) is 17.4 Å². The van der Waals surface area contributed by atoms with Crippen molar-refractivity contribution in [1.82, 2.24) is 9.88 Å². The lowest BCUT2D eigenvalue weighted by Crippen LogP contribution is -2.37. The van der Waals surface area contributed by atoms with Crippen LogP contribution in [0.15, 0.2) is 76.5 Å². The first-order chi connectivity index (χ1) is 16.1. The number of ether oxygens (including phenoxy) is 1. The Morgan fingerprint density at radius 3 is 2.79 bits per heavy atom. The van der Waals surface area contributed by atoms with E-state index in [0.29, 0.717) is 18.7 Å². The number of aromatic amines is 1. The number of fused-ring (bicyclic) bond motifs is 2. The third-order valence-electron chi connectivity index (χ3n) is 6.54. The number of rotatable bonds is 5. The highest BCUT2D eigenvalue weighted by Crippen LogP contribution is 2.42. The minimum atomic E-state index is -0.751. The number of Topliss-reactive ketones (excluding diaryl/α,β-unsaturated/α-hetero) is 1. The fourth-order valence-corrected chi connectivity index (χ4v) is 4.95. The SMILES string of the molecule is O=C(C1=C(O)C(=O)N(CC2CCCO2)C1c1c[nH]c2ccccc12)c1cc2ccccc2o1. The lowest BCUT2D eigenvalue weighted by molar-refractivity contribution is -0.131. The van der Waals surface area contributed by atoms with Crippen LogP contribution in [-0.2, 0) is 9.53 Å². The number of nitrogens with zero attached hydrogens (tertiary/aromatic N) is 1. The molecule has 2 atom stereocenters. The van der Waals surface area contributed by atoms with Gasteiger partial charge in [-0.15, -0.1) is 0 Å². The molecule has 33 heavy (non-hydrogen) atoms. The van der Waals surface area contributed by atoms with Crippen LogP contribution in [0.4, 0.5) is 0 Å². The molecule has 0 aliphatic carbocycles. The number of amides is 1. The van der Waals surface area contributed by atoms with Gasteiger partial charge in [0.25, 0.3) is 5.91 Å². The molecule has 166 valence electrons. The molecule has 0 bridgehead atoms. The Bertz CT molecular complexity index is 1390. The van der Waals surface area contributed by atoms with Gasteiger partial charge in [0, 0.05) is 41.2 Å². The van der Waals surface area contributed by atoms with Crippen molar-refractivity contribution in [3.8, 4) is 0 Å². The summed E-state index contributed by atoms with van der Waals surface area (Å²) in [6.07, 6.45) is 3.43. The highest BCUT2D eigenvalue weighted by atomic mass is 16.5. The van der Waals surface area contributed by atoms with Gasteiger partial charge < -0.3 is 24.1 Å². The molecule has 0 spiro atoms. The number of hydrogen-bond donors (Lipinski definition) is 2. The van der Waals surface area contributed by atoms with E-state index >= 15 is 0 Å². The Morgan fingerprint density at radius 1 is 1.15 bits per heavy atom. The number of para-hydroxylation sites is 2. The molecule has 2 N–H and O–H groups in total. The van der Waals surface area contributed by atoms with E-state index in [1.165, 1.54) is 0 Å². The number of ketones is 1. The lowest BCUT2D eigenvalue weighted by Gasteiger charge is -2.28. The van der Waals surface area contributed by atoms with Crippen LogP contribution in [0, 0.1) is 0 Å². The van der Waals surface area contributed by atoms with E-state index in [4.69, 9.17) is 9.15 Å². The molecular formula is C26H22N2O5. The summed E-state index contributed by atoms with van der Waals surface area (Å²) < 4.78 is 11.6. The number of furan rings is 1. The molecule has 7 nitrogen and oxygen atoms in total. The van der Waals surface area contributed by atoms with Crippen molar-refractivity contribution in [1.29, 1.82) is 0 Å². The molecule has 1 saturated heterocycles. The van der Waals surface area contributed by atoms with Gasteiger partial charge in [-0.05, 0) is 31.0 Å². The van der Waals surface area contributed by atoms with E-state index in [0.717, 1.165) is 34.7 Å². The van der Waals surface area contributed by atoms with Gasteiger partial charge in [0.2, 0.25) is 5.78 Å². The molecule has 0 saturated carbocycles. The van der Waals surface area contributed by atoms with Gasteiger partial charge in [-0.2, -0.15) is 0 Å². The van der Waals surface area contributed by atoms with Crippen molar-refractivity contribution in [2.24, 2.45) is 0 Å². The number of nitrogens with one attached hydrogen (secondary N) is 1. The average molecular weight is 442 g/mol. The van der Waals surface area contributed by atoms with E-state index in [1.807, 2.05) is 42.5 Å². The summed E-state index contributed by atoms with van der Waals surface area (Å²) in [5.41, 5.74) is 2.24. The summed E-state index contributed by atoms with van der Waals surface area (Å²) in [6, 6.07) is 15.9. The Labute approximate surface area is 189 Å². The zero-order chi connectivity index (χ0) is 22.5. The van der Waals surface area contributed by atoms with Crippen LogP contribution in [0.25, 0.3) is 21.9 Å². The van der Waals surface area contributed by atoms with Crippen LogP contribution < -0.4 is 0 Å². The number of carbonyl (C=O) groups excluding carboxylic acids is 2. The summed E-state index contributed by atoms with van der Waals surface area (Å²) in [5, 5.41) is 12.6. The first kappa shape index (κ1) is 19.8. The summed E-state index contributed by atoms with van der Waals surface area (Å²) in [4.78, 5) is 31.7. The molecule has 0 radical (unpaired) electrons. The van der Waals surface area contributed by atoms with Crippen molar-refractivity contribution in [3.05, 3.63) is 83.5 Å². The molecule has 1 fully saturated rings. The molecule has 2 aliphatic heterocycles. The molecule has 7 heteroatoms. The molecular weight excluding hydrogens is 420 g/mol. The topological polar surface area (TPSA) is 95.8 Å². The fraction of sp³-hybridized carbons (Fsp3) is 0.231. The maximum absolute atomic E-state index is 13.7. The fourth-order valence-electron chi connectivity index (χ4n) is 4.95. The Morgan fingerprint density at radius 2 is 1.97 bits per heavy atom. The van der Waals surface area contributed by atoms with Crippen molar-refractivity contribution in [2.45, 2.75) is 25.0 Å². The van der Waals surface area contributed by atoms with Crippen molar-refractivity contribution in [3.63, 3.8) is 0 Å². The van der Waals surface area contributed by atoms with Crippen LogP contribution in [0.5, 0.6) is 0 Å². The number of H-pyrrole nitrogens is 1. The minimum Gasteiger partial charge on any atom is -0.503 e. The monoisotopic (exact) mass is 442 g/mol. The smallest absolute Gasteiger partial charge is 0.290 e. The third kappa shape index (κ3) is 3.15. The molecule has 2 unspecified atom stereocenters. The van der Waals surface area contributed by atoms with Gasteiger partial charge in [-0.1, -0.05) is 36.4 Å². The van der Waals surface area contributed by atoms with Gasteiger partial charge in [0.05, 0.1) is 17.7 Å². The van der Waals surface area contributed by atoms with E-state index in [2.05, 4.69) is 4.98 Å². The quantitative estimate of drug-likeness (QED) is 0.438. The maximum Gasteiger partial charge on any atom is 0.290 e. The predicted molar refractivity (Wildman–Crippen MR) is 122 cm³/mol. The second-order valence-corrected chi connectivity index (χ2v) is 8.52. The number of aliphatic hydroxyl groups is 1. The van der Waals surface area contributed by atoms with Crippen LogP contribution in [-0.4, -0.2) is 45.9 Å². The molecule has 6 rings (SSSR count). The molecule has 4 heterocycles. The highest BCUT2D eigenvalue weighted by molar-refractivity contribution is 6.16. The number of benzene rings is 2. The average Bonchev–Trinajstić information content (AvgIpc) is 3.62. The maximum atomic E-state index is 13.7.